The average molecular weight is 518 g/mol. The normalized spacial score (nSPS) is 15.8. The molecule has 1 atom stereocenters. The van der Waals surface area contributed by atoms with E-state index in [4.69, 9.17) is 9.47 Å². The van der Waals surface area contributed by atoms with Gasteiger partial charge in [-0.15, -0.1) is 24.0 Å². The van der Waals surface area contributed by atoms with Crippen molar-refractivity contribution in [1.82, 2.24) is 15.5 Å². The second kappa shape index (κ2) is 13.6. The monoisotopic (exact) mass is 518 g/mol. The zero-order chi connectivity index (χ0) is 20.4. The Labute approximate surface area is 191 Å². The minimum atomic E-state index is -0.0289. The van der Waals surface area contributed by atoms with E-state index in [0.717, 1.165) is 43.7 Å². The van der Waals surface area contributed by atoms with Crippen LogP contribution in [0.5, 0.6) is 5.75 Å². The number of nitrogens with one attached hydrogen (secondary N) is 2. The van der Waals surface area contributed by atoms with Crippen LogP contribution in [0.3, 0.4) is 0 Å². The molecule has 1 aromatic carbocycles. The van der Waals surface area contributed by atoms with Gasteiger partial charge in [0.25, 0.3) is 0 Å². The summed E-state index contributed by atoms with van der Waals surface area (Å²) in [5.41, 5.74) is 1.12. The average Bonchev–Trinajstić information content (AvgIpc) is 2.68. The van der Waals surface area contributed by atoms with Gasteiger partial charge in [0.05, 0.1) is 18.8 Å². The number of nitrogens with zero attached hydrogens (tertiary/aromatic N) is 2. The zero-order valence-corrected chi connectivity index (χ0v) is 20.3. The lowest BCUT2D eigenvalue weighted by atomic mass is 10.0. The Hall–Kier alpha value is -1.55. The molecule has 164 valence electrons. The van der Waals surface area contributed by atoms with Crippen molar-refractivity contribution in [3.63, 3.8) is 0 Å². The maximum Gasteiger partial charge on any atom is 0.243 e. The smallest absolute Gasteiger partial charge is 0.243 e. The summed E-state index contributed by atoms with van der Waals surface area (Å²) < 4.78 is 11.3. The highest BCUT2D eigenvalue weighted by atomic mass is 127. The summed E-state index contributed by atoms with van der Waals surface area (Å²) in [6, 6.07) is 8.14. The van der Waals surface area contributed by atoms with E-state index in [1.807, 2.05) is 32.0 Å². The van der Waals surface area contributed by atoms with Crippen molar-refractivity contribution in [3.8, 4) is 5.75 Å². The number of fused-ring (bicyclic) bond motifs is 1. The van der Waals surface area contributed by atoms with Crippen LogP contribution >= 0.6 is 24.0 Å². The first kappa shape index (κ1) is 25.5. The number of carbonyl (C=O) groups is 1. The number of halogens is 1. The topological polar surface area (TPSA) is 75.2 Å². The van der Waals surface area contributed by atoms with E-state index in [0.29, 0.717) is 12.6 Å². The minimum absolute atomic E-state index is 0. The summed E-state index contributed by atoms with van der Waals surface area (Å²) in [5.74, 6) is 1.53. The molecule has 1 unspecified atom stereocenters. The standard InChI is InChI=1S/C21H34N4O3.HI/c1-16(2)27-13-8-7-12-22-21(23-15-20(26)25(3)4)24-18-11-14-28-19-10-6-5-9-17(18)19;/h5-6,9-10,16,18H,7-8,11-15H2,1-4H3,(H2,22,23,24);1H. The number of para-hydroxylation sites is 1. The molecule has 8 heteroatoms. The molecule has 0 spiro atoms. The predicted octanol–water partition coefficient (Wildman–Crippen LogP) is 2.96. The Morgan fingerprint density at radius 1 is 1.31 bits per heavy atom. The maximum atomic E-state index is 11.9. The van der Waals surface area contributed by atoms with E-state index in [2.05, 4.69) is 21.7 Å². The van der Waals surface area contributed by atoms with Crippen LogP contribution in [0.1, 0.15) is 44.7 Å². The van der Waals surface area contributed by atoms with Crippen LogP contribution in [-0.2, 0) is 9.53 Å². The molecule has 0 bridgehead atoms. The van der Waals surface area contributed by atoms with E-state index in [1.54, 1.807) is 19.0 Å². The number of hydrogen-bond donors (Lipinski definition) is 2. The third kappa shape index (κ3) is 9.20. The van der Waals surface area contributed by atoms with Gasteiger partial charge in [0.2, 0.25) is 5.91 Å². The number of likely N-dealkylation sites (N-methyl/N-ethyl adjacent to an activating group) is 1. The van der Waals surface area contributed by atoms with Gasteiger partial charge in [0.15, 0.2) is 5.96 Å². The summed E-state index contributed by atoms with van der Waals surface area (Å²) in [6.07, 6.45) is 3.06. The maximum absolute atomic E-state index is 11.9. The van der Waals surface area contributed by atoms with Crippen LogP contribution < -0.4 is 15.4 Å². The van der Waals surface area contributed by atoms with E-state index < -0.39 is 0 Å². The van der Waals surface area contributed by atoms with Gasteiger partial charge in [-0.1, -0.05) is 18.2 Å². The molecule has 0 saturated heterocycles. The number of ether oxygens (including phenoxy) is 2. The largest absolute Gasteiger partial charge is 0.493 e. The molecule has 29 heavy (non-hydrogen) atoms. The first-order valence-corrected chi connectivity index (χ1v) is 10.1. The second-order valence-electron chi connectivity index (χ2n) is 7.38. The van der Waals surface area contributed by atoms with Crippen LogP contribution in [0.15, 0.2) is 29.3 Å². The van der Waals surface area contributed by atoms with Crippen LogP contribution in [0.25, 0.3) is 0 Å². The summed E-state index contributed by atoms with van der Waals surface area (Å²) in [6.45, 7) is 6.38. The number of carbonyl (C=O) groups excluding carboxylic acids is 1. The predicted molar refractivity (Wildman–Crippen MR) is 127 cm³/mol. The molecule has 1 amide bonds. The number of benzene rings is 1. The van der Waals surface area contributed by atoms with Crippen LogP contribution in [-0.4, -0.2) is 63.3 Å². The molecule has 2 rings (SSSR count). The van der Waals surface area contributed by atoms with Gasteiger partial charge in [-0.2, -0.15) is 0 Å². The number of hydrogen-bond acceptors (Lipinski definition) is 4. The number of aliphatic imine (C=N–C) groups is 1. The van der Waals surface area contributed by atoms with Crippen molar-refractivity contribution < 1.29 is 14.3 Å². The zero-order valence-electron chi connectivity index (χ0n) is 17.9. The van der Waals surface area contributed by atoms with Gasteiger partial charge in [-0.3, -0.25) is 4.79 Å². The van der Waals surface area contributed by atoms with Gasteiger partial charge < -0.3 is 25.0 Å². The van der Waals surface area contributed by atoms with Gasteiger partial charge in [-0.25, -0.2) is 4.99 Å². The Bertz CT molecular complexity index is 653. The van der Waals surface area contributed by atoms with Gasteiger partial charge in [-0.05, 0) is 32.8 Å². The molecule has 2 N–H and O–H groups in total. The minimum Gasteiger partial charge on any atom is -0.493 e. The Balaban J connectivity index is 0.00000420. The fourth-order valence-electron chi connectivity index (χ4n) is 2.85. The van der Waals surface area contributed by atoms with E-state index in [-0.39, 0.29) is 48.6 Å². The lowest BCUT2D eigenvalue weighted by Crippen LogP contribution is -2.42. The van der Waals surface area contributed by atoms with Crippen LogP contribution in [0.2, 0.25) is 0 Å². The van der Waals surface area contributed by atoms with E-state index in [1.165, 1.54) is 0 Å². The molecule has 0 radical (unpaired) electrons. The van der Waals surface area contributed by atoms with Crippen molar-refractivity contribution in [3.05, 3.63) is 29.8 Å². The molecule has 0 fully saturated rings. The second-order valence-corrected chi connectivity index (χ2v) is 7.38. The SMILES string of the molecule is CC(C)OCCCCNC(=NCC(=O)N(C)C)NC1CCOc2ccccc21.I. The summed E-state index contributed by atoms with van der Waals surface area (Å²) >= 11 is 0. The molecule has 7 nitrogen and oxygen atoms in total. The van der Waals surface area contributed by atoms with Crippen molar-refractivity contribution in [2.45, 2.75) is 45.3 Å². The highest BCUT2D eigenvalue weighted by Gasteiger charge is 2.22. The molecule has 0 aliphatic carbocycles. The molecule has 0 saturated carbocycles. The van der Waals surface area contributed by atoms with Crippen molar-refractivity contribution in [2.75, 3.05) is 40.4 Å². The number of rotatable bonds is 9. The third-order valence-electron chi connectivity index (χ3n) is 4.46. The first-order valence-electron chi connectivity index (χ1n) is 10.1. The molecule has 1 aromatic rings. The Morgan fingerprint density at radius 2 is 2.07 bits per heavy atom. The van der Waals surface area contributed by atoms with Gasteiger partial charge in [0, 0.05) is 39.2 Å². The number of unbranched alkanes of at least 4 members (excludes halogenated alkanes) is 1. The quantitative estimate of drug-likeness (QED) is 0.228. The summed E-state index contributed by atoms with van der Waals surface area (Å²) in [5, 5.41) is 6.82. The highest BCUT2D eigenvalue weighted by Crippen LogP contribution is 2.31. The Morgan fingerprint density at radius 3 is 2.79 bits per heavy atom. The first-order chi connectivity index (χ1) is 13.5. The number of guanidine groups is 1. The summed E-state index contributed by atoms with van der Waals surface area (Å²) in [4.78, 5) is 18.0. The van der Waals surface area contributed by atoms with E-state index >= 15 is 0 Å². The third-order valence-corrected chi connectivity index (χ3v) is 4.46. The lowest BCUT2D eigenvalue weighted by Gasteiger charge is -2.28. The molecule has 1 aliphatic heterocycles. The molecular weight excluding hydrogens is 483 g/mol. The lowest BCUT2D eigenvalue weighted by molar-refractivity contribution is -0.127. The van der Waals surface area contributed by atoms with Crippen LogP contribution in [0.4, 0.5) is 0 Å². The fraction of sp³-hybridized carbons (Fsp3) is 0.619. The highest BCUT2D eigenvalue weighted by molar-refractivity contribution is 14.0. The van der Waals surface area contributed by atoms with E-state index in [9.17, 15) is 4.79 Å². The molecule has 1 heterocycles. The van der Waals surface area contributed by atoms with Crippen molar-refractivity contribution in [1.29, 1.82) is 0 Å². The van der Waals surface area contributed by atoms with Gasteiger partial charge >= 0.3 is 0 Å². The fourth-order valence-corrected chi connectivity index (χ4v) is 2.85. The van der Waals surface area contributed by atoms with Crippen LogP contribution in [0, 0.1) is 0 Å². The summed E-state index contributed by atoms with van der Waals surface area (Å²) in [7, 11) is 3.48. The molecule has 0 aromatic heterocycles. The van der Waals surface area contributed by atoms with Crippen molar-refractivity contribution in [2.24, 2.45) is 4.99 Å². The molecular formula is C21H35IN4O3. The van der Waals surface area contributed by atoms with Crippen molar-refractivity contribution >= 4 is 35.8 Å². The number of amides is 1. The van der Waals surface area contributed by atoms with Gasteiger partial charge in [0.1, 0.15) is 12.3 Å². The molecule has 1 aliphatic rings. The Kier molecular flexibility index (Phi) is 12.0.